The van der Waals surface area contributed by atoms with Gasteiger partial charge in [0.05, 0.1) is 11.6 Å². The normalized spacial score (nSPS) is 10.8. The van der Waals surface area contributed by atoms with Crippen molar-refractivity contribution in [2.45, 2.75) is 6.43 Å². The molecule has 0 aliphatic carbocycles. The molecule has 0 fully saturated rings. The second kappa shape index (κ2) is 7.71. The highest BCUT2D eigenvalue weighted by molar-refractivity contribution is 6.35. The highest BCUT2D eigenvalue weighted by Crippen LogP contribution is 2.29. The third kappa shape index (κ3) is 4.28. The molecule has 10 heteroatoms. The Hall–Kier alpha value is -1.44. The Kier molecular flexibility index (Phi) is 5.93. The van der Waals surface area contributed by atoms with Crippen LogP contribution in [0.15, 0.2) is 18.6 Å². The summed E-state index contributed by atoms with van der Waals surface area (Å²) in [6.07, 6.45) is -0.370. The van der Waals surface area contributed by atoms with Crippen LogP contribution in [0.2, 0.25) is 15.1 Å². The Morgan fingerprint density at radius 2 is 1.95 bits per heavy atom. The van der Waals surface area contributed by atoms with Gasteiger partial charge in [-0.3, -0.25) is 0 Å². The third-order valence-corrected chi connectivity index (χ3v) is 3.28. The quantitative estimate of drug-likeness (QED) is 0.771. The van der Waals surface area contributed by atoms with Crippen LogP contribution in [0.25, 0.3) is 0 Å². The van der Waals surface area contributed by atoms with Crippen molar-refractivity contribution in [3.63, 3.8) is 0 Å². The van der Waals surface area contributed by atoms with Crippen LogP contribution in [-0.2, 0) is 0 Å². The Morgan fingerprint density at radius 3 is 2.64 bits per heavy atom. The first kappa shape index (κ1) is 16.9. The second-order valence-corrected chi connectivity index (χ2v) is 5.16. The minimum Gasteiger partial charge on any atom is -0.475 e. The molecule has 0 aliphatic rings. The highest BCUT2D eigenvalue weighted by Gasteiger charge is 2.17. The number of anilines is 1. The predicted molar refractivity (Wildman–Crippen MR) is 80.2 cm³/mol. The van der Waals surface area contributed by atoms with Gasteiger partial charge in [-0.2, -0.15) is 0 Å². The lowest BCUT2D eigenvalue weighted by Gasteiger charge is -2.10. The maximum Gasteiger partial charge on any atom is 0.282 e. The summed E-state index contributed by atoms with van der Waals surface area (Å²) >= 11 is 17.4. The SMILES string of the molecule is FC(F)c1ncnc(NCCOc2ncc(Cl)cc2Cl)c1Cl. The van der Waals surface area contributed by atoms with E-state index in [1.54, 1.807) is 0 Å². The van der Waals surface area contributed by atoms with E-state index in [1.807, 2.05) is 0 Å². The van der Waals surface area contributed by atoms with Crippen molar-refractivity contribution >= 4 is 40.6 Å². The maximum absolute atomic E-state index is 12.6. The van der Waals surface area contributed by atoms with Crippen LogP contribution in [0.1, 0.15) is 12.1 Å². The largest absolute Gasteiger partial charge is 0.475 e. The summed E-state index contributed by atoms with van der Waals surface area (Å²) in [5.74, 6) is 0.320. The van der Waals surface area contributed by atoms with E-state index in [0.29, 0.717) is 5.02 Å². The number of nitrogens with zero attached hydrogens (tertiary/aromatic N) is 3. The minimum atomic E-state index is -2.77. The first-order valence-electron chi connectivity index (χ1n) is 5.95. The van der Waals surface area contributed by atoms with Gasteiger partial charge < -0.3 is 10.1 Å². The smallest absolute Gasteiger partial charge is 0.282 e. The average molecular weight is 370 g/mol. The topological polar surface area (TPSA) is 59.9 Å². The summed E-state index contributed by atoms with van der Waals surface area (Å²) in [7, 11) is 0. The van der Waals surface area contributed by atoms with Crippen molar-refractivity contribution < 1.29 is 13.5 Å². The number of nitrogens with one attached hydrogen (secondary N) is 1. The molecule has 22 heavy (non-hydrogen) atoms. The number of hydrogen-bond acceptors (Lipinski definition) is 5. The van der Waals surface area contributed by atoms with Gasteiger partial charge in [-0.1, -0.05) is 34.8 Å². The first-order valence-corrected chi connectivity index (χ1v) is 7.08. The van der Waals surface area contributed by atoms with E-state index in [0.717, 1.165) is 6.33 Å². The molecule has 5 nitrogen and oxygen atoms in total. The molecule has 0 spiro atoms. The molecule has 0 saturated heterocycles. The number of hydrogen-bond donors (Lipinski definition) is 1. The van der Waals surface area contributed by atoms with Crippen molar-refractivity contribution in [3.8, 4) is 5.88 Å². The van der Waals surface area contributed by atoms with Gasteiger partial charge in [0.2, 0.25) is 5.88 Å². The molecule has 0 amide bonds. The Labute approximate surface area is 139 Å². The van der Waals surface area contributed by atoms with Crippen molar-refractivity contribution in [1.82, 2.24) is 15.0 Å². The maximum atomic E-state index is 12.6. The molecule has 2 aromatic rings. The third-order valence-electron chi connectivity index (χ3n) is 2.43. The second-order valence-electron chi connectivity index (χ2n) is 3.94. The van der Waals surface area contributed by atoms with Gasteiger partial charge in [-0.05, 0) is 6.07 Å². The fraction of sp³-hybridized carbons (Fsp3) is 0.250. The molecular formula is C12H9Cl3F2N4O. The number of alkyl halides is 2. The van der Waals surface area contributed by atoms with Gasteiger partial charge in [0.1, 0.15) is 34.5 Å². The lowest BCUT2D eigenvalue weighted by atomic mass is 10.4. The fourth-order valence-corrected chi connectivity index (χ4v) is 2.17. The predicted octanol–water partition coefficient (Wildman–Crippen LogP) is 4.26. The summed E-state index contributed by atoms with van der Waals surface area (Å²) < 4.78 is 30.6. The standard InChI is InChI=1S/C12H9Cl3F2N4O/c13-6-3-7(14)12(19-4-6)22-2-1-18-11-8(15)9(10(16)17)20-5-21-11/h3-5,10H,1-2H2,(H,18,20,21). The van der Waals surface area contributed by atoms with Crippen molar-refractivity contribution in [3.05, 3.63) is 39.4 Å². The van der Waals surface area contributed by atoms with Crippen LogP contribution in [0, 0.1) is 0 Å². The number of ether oxygens (including phenoxy) is 1. The van der Waals surface area contributed by atoms with Gasteiger partial charge in [-0.15, -0.1) is 0 Å². The Bertz CT molecular complexity index is 660. The van der Waals surface area contributed by atoms with Crippen LogP contribution in [-0.4, -0.2) is 28.1 Å². The van der Waals surface area contributed by atoms with Gasteiger partial charge in [0.15, 0.2) is 0 Å². The number of halogens is 5. The molecule has 2 rings (SSSR count). The molecule has 2 aromatic heterocycles. The van der Waals surface area contributed by atoms with E-state index < -0.39 is 12.1 Å². The van der Waals surface area contributed by atoms with E-state index in [2.05, 4.69) is 20.3 Å². The van der Waals surface area contributed by atoms with E-state index in [-0.39, 0.29) is 34.9 Å². The molecule has 0 aromatic carbocycles. The Morgan fingerprint density at radius 1 is 1.18 bits per heavy atom. The number of aromatic nitrogens is 3. The Balaban J connectivity index is 1.90. The van der Waals surface area contributed by atoms with E-state index in [4.69, 9.17) is 39.5 Å². The summed E-state index contributed by atoms with van der Waals surface area (Å²) in [4.78, 5) is 11.1. The monoisotopic (exact) mass is 368 g/mol. The van der Waals surface area contributed by atoms with E-state index >= 15 is 0 Å². The van der Waals surface area contributed by atoms with Crippen molar-refractivity contribution in [2.75, 3.05) is 18.5 Å². The molecule has 0 unspecified atom stereocenters. The van der Waals surface area contributed by atoms with Crippen LogP contribution in [0.5, 0.6) is 5.88 Å². The first-order chi connectivity index (χ1) is 10.5. The molecule has 1 N–H and O–H groups in total. The van der Waals surface area contributed by atoms with Crippen molar-refractivity contribution in [1.29, 1.82) is 0 Å². The van der Waals surface area contributed by atoms with Crippen molar-refractivity contribution in [2.24, 2.45) is 0 Å². The molecule has 0 radical (unpaired) electrons. The lowest BCUT2D eigenvalue weighted by molar-refractivity contribution is 0.146. The van der Waals surface area contributed by atoms with Gasteiger partial charge in [-0.25, -0.2) is 23.7 Å². The van der Waals surface area contributed by atoms with Crippen LogP contribution in [0.4, 0.5) is 14.6 Å². The minimum absolute atomic E-state index is 0.103. The summed E-state index contributed by atoms with van der Waals surface area (Å²) in [6.45, 7) is 0.415. The molecule has 0 atom stereocenters. The zero-order chi connectivity index (χ0) is 16.1. The van der Waals surface area contributed by atoms with E-state index in [1.165, 1.54) is 12.3 Å². The number of pyridine rings is 1. The van der Waals surface area contributed by atoms with Gasteiger partial charge in [0, 0.05) is 6.20 Å². The summed E-state index contributed by atoms with van der Waals surface area (Å²) in [5, 5.41) is 3.21. The van der Waals surface area contributed by atoms with Crippen LogP contribution >= 0.6 is 34.8 Å². The summed E-state index contributed by atoms with van der Waals surface area (Å²) in [5.41, 5.74) is -0.525. The average Bonchev–Trinajstić information content (AvgIpc) is 2.46. The molecule has 0 bridgehead atoms. The zero-order valence-electron chi connectivity index (χ0n) is 10.9. The highest BCUT2D eigenvalue weighted by atomic mass is 35.5. The molecule has 0 saturated carbocycles. The lowest BCUT2D eigenvalue weighted by Crippen LogP contribution is -2.14. The zero-order valence-corrected chi connectivity index (χ0v) is 13.1. The fourth-order valence-electron chi connectivity index (χ4n) is 1.48. The molecular weight excluding hydrogens is 361 g/mol. The molecule has 118 valence electrons. The van der Waals surface area contributed by atoms with Gasteiger partial charge in [0.25, 0.3) is 6.43 Å². The van der Waals surface area contributed by atoms with E-state index in [9.17, 15) is 8.78 Å². The molecule has 2 heterocycles. The van der Waals surface area contributed by atoms with Gasteiger partial charge >= 0.3 is 0 Å². The van der Waals surface area contributed by atoms with Crippen LogP contribution in [0.3, 0.4) is 0 Å². The molecule has 0 aliphatic heterocycles. The van der Waals surface area contributed by atoms with Crippen LogP contribution < -0.4 is 10.1 Å². The summed E-state index contributed by atoms with van der Waals surface area (Å²) in [6, 6.07) is 1.50. The number of rotatable bonds is 6.